The lowest BCUT2D eigenvalue weighted by Crippen LogP contribution is -2.29. The summed E-state index contributed by atoms with van der Waals surface area (Å²) in [6, 6.07) is 10.8. The van der Waals surface area contributed by atoms with Crippen molar-refractivity contribution in [1.29, 1.82) is 0 Å². The molecule has 0 bridgehead atoms. The first kappa shape index (κ1) is 24.9. The average Bonchev–Trinajstić information content (AvgIpc) is 3.57. The first-order valence-corrected chi connectivity index (χ1v) is 13.4. The minimum absolute atomic E-state index is 0.277. The fraction of sp³-hybridized carbons (Fsp3) is 0.219. The molecule has 5 aromatic rings. The lowest BCUT2D eigenvalue weighted by atomic mass is 10.0. The van der Waals surface area contributed by atoms with Gasteiger partial charge in [0.2, 0.25) is 0 Å². The molecule has 0 unspecified atom stereocenters. The number of nitrogens with zero attached hydrogens (tertiary/aromatic N) is 4. The van der Waals surface area contributed by atoms with E-state index in [4.69, 9.17) is 0 Å². The number of pyridine rings is 2. The van der Waals surface area contributed by atoms with Gasteiger partial charge in [-0.2, -0.15) is 5.10 Å². The van der Waals surface area contributed by atoms with Crippen molar-refractivity contribution in [2.75, 3.05) is 13.1 Å². The van der Waals surface area contributed by atoms with Gasteiger partial charge in [0, 0.05) is 41.3 Å². The van der Waals surface area contributed by atoms with E-state index in [0.717, 1.165) is 74.8 Å². The number of halogens is 1. The number of H-pyrrole nitrogens is 2. The second-order valence-electron chi connectivity index (χ2n) is 10.1. The van der Waals surface area contributed by atoms with Crippen LogP contribution in [0.3, 0.4) is 0 Å². The van der Waals surface area contributed by atoms with Gasteiger partial charge in [0.1, 0.15) is 11.5 Å². The maximum Gasteiger partial charge on any atom is 0.123 e. The highest BCUT2D eigenvalue weighted by Gasteiger charge is 2.14. The van der Waals surface area contributed by atoms with Crippen LogP contribution in [0.2, 0.25) is 0 Å². The molecule has 0 amide bonds. The van der Waals surface area contributed by atoms with Crippen molar-refractivity contribution in [3.05, 3.63) is 95.3 Å². The Morgan fingerprint density at radius 1 is 1.05 bits per heavy atom. The number of likely N-dealkylation sites (tertiary alicyclic amines) is 1. The van der Waals surface area contributed by atoms with Crippen molar-refractivity contribution in [1.82, 2.24) is 30.0 Å². The van der Waals surface area contributed by atoms with Crippen molar-refractivity contribution < 1.29 is 4.39 Å². The SMILES string of the molecule is C=C(/C=c1/c(-c2cc3c(-c4cccc(F)c4)cncc3[nH]2)n[nH]/c1=C/C)c1cncc(CN2CCCCC2)c1. The molecule has 0 spiro atoms. The van der Waals surface area contributed by atoms with Crippen molar-refractivity contribution in [3.63, 3.8) is 0 Å². The number of aromatic nitrogens is 5. The van der Waals surface area contributed by atoms with E-state index < -0.39 is 0 Å². The van der Waals surface area contributed by atoms with Crippen LogP contribution in [-0.2, 0) is 6.54 Å². The van der Waals surface area contributed by atoms with E-state index in [1.54, 1.807) is 18.5 Å². The molecule has 196 valence electrons. The molecule has 4 aromatic heterocycles. The van der Waals surface area contributed by atoms with E-state index in [-0.39, 0.29) is 5.82 Å². The van der Waals surface area contributed by atoms with Gasteiger partial charge in [-0.1, -0.05) is 31.2 Å². The molecule has 0 aliphatic carbocycles. The summed E-state index contributed by atoms with van der Waals surface area (Å²) < 4.78 is 14.0. The standard InChI is InChI=1S/C32H31FN6/c1-3-29-27(12-21(2)24-13-22(16-34-17-24)20-39-10-5-4-6-11-39)32(38-37-29)30-15-26-28(18-35-19-31(26)36-30)23-8-7-9-25(33)14-23/h3,7-9,12-19,36-37H,2,4-6,10-11,20H2,1H3/b27-12+,29-3+. The molecule has 6 nitrogen and oxygen atoms in total. The Bertz CT molecular complexity index is 1770. The lowest BCUT2D eigenvalue weighted by molar-refractivity contribution is 0.220. The van der Waals surface area contributed by atoms with Gasteiger partial charge in [-0.3, -0.25) is 20.0 Å². The molecule has 0 saturated carbocycles. The predicted molar refractivity (Wildman–Crippen MR) is 155 cm³/mol. The molecule has 39 heavy (non-hydrogen) atoms. The zero-order chi connectivity index (χ0) is 26.8. The molecule has 1 fully saturated rings. The van der Waals surface area contributed by atoms with Gasteiger partial charge in [0.15, 0.2) is 0 Å². The van der Waals surface area contributed by atoms with Crippen molar-refractivity contribution in [2.24, 2.45) is 0 Å². The molecule has 1 aromatic carbocycles. The smallest absolute Gasteiger partial charge is 0.123 e. The topological polar surface area (TPSA) is 73.5 Å². The van der Waals surface area contributed by atoms with Gasteiger partial charge in [0.25, 0.3) is 0 Å². The Kier molecular flexibility index (Phi) is 6.90. The normalized spacial score (nSPS) is 15.3. The van der Waals surface area contributed by atoms with Crippen LogP contribution in [0.25, 0.3) is 51.1 Å². The molecule has 1 saturated heterocycles. The van der Waals surface area contributed by atoms with Crippen LogP contribution in [0.5, 0.6) is 0 Å². The molecule has 2 N–H and O–H groups in total. The monoisotopic (exact) mass is 518 g/mol. The number of piperidine rings is 1. The lowest BCUT2D eigenvalue weighted by Gasteiger charge is -2.26. The molecule has 1 aliphatic rings. The zero-order valence-electron chi connectivity index (χ0n) is 22.0. The van der Waals surface area contributed by atoms with E-state index in [9.17, 15) is 4.39 Å². The fourth-order valence-electron chi connectivity index (χ4n) is 5.38. The number of benzene rings is 1. The van der Waals surface area contributed by atoms with Gasteiger partial charge < -0.3 is 4.98 Å². The minimum atomic E-state index is -0.277. The number of nitrogens with one attached hydrogen (secondary N) is 2. The number of aromatic amines is 2. The summed E-state index contributed by atoms with van der Waals surface area (Å²) in [6.07, 6.45) is 15.3. The highest BCUT2D eigenvalue weighted by atomic mass is 19.1. The van der Waals surface area contributed by atoms with Gasteiger partial charge in [0.05, 0.1) is 22.8 Å². The maximum absolute atomic E-state index is 14.0. The average molecular weight is 519 g/mol. The molecule has 0 atom stereocenters. The third-order valence-electron chi connectivity index (χ3n) is 7.40. The summed E-state index contributed by atoms with van der Waals surface area (Å²) in [7, 11) is 0. The van der Waals surface area contributed by atoms with Crippen LogP contribution in [0.15, 0.2) is 67.8 Å². The Balaban J connectivity index is 1.37. The van der Waals surface area contributed by atoms with E-state index in [2.05, 4.69) is 48.8 Å². The summed E-state index contributed by atoms with van der Waals surface area (Å²) in [6.45, 7) is 9.57. The molecule has 7 heteroatoms. The third-order valence-corrected chi connectivity index (χ3v) is 7.40. The van der Waals surface area contributed by atoms with Crippen molar-refractivity contribution >= 4 is 28.6 Å². The number of rotatable bonds is 6. The van der Waals surface area contributed by atoms with Crippen molar-refractivity contribution in [3.8, 4) is 22.5 Å². The Hall–Kier alpha value is -4.36. The first-order chi connectivity index (χ1) is 19.1. The third kappa shape index (κ3) is 5.18. The molecule has 6 rings (SSSR count). The number of allylic oxidation sites excluding steroid dienone is 1. The van der Waals surface area contributed by atoms with E-state index in [1.807, 2.05) is 37.5 Å². The molecule has 1 aliphatic heterocycles. The summed E-state index contributed by atoms with van der Waals surface area (Å²) in [5, 5.41) is 10.6. The number of fused-ring (bicyclic) bond motifs is 1. The van der Waals surface area contributed by atoms with Crippen LogP contribution in [0, 0.1) is 5.82 Å². The maximum atomic E-state index is 14.0. The summed E-state index contributed by atoms with van der Waals surface area (Å²) in [5.74, 6) is -0.277. The first-order valence-electron chi connectivity index (χ1n) is 13.4. The van der Waals surface area contributed by atoms with Gasteiger partial charge in [-0.25, -0.2) is 4.39 Å². The summed E-state index contributed by atoms with van der Waals surface area (Å²) in [5.41, 5.74) is 7.18. The van der Waals surface area contributed by atoms with Crippen LogP contribution >= 0.6 is 0 Å². The molecule has 0 radical (unpaired) electrons. The summed E-state index contributed by atoms with van der Waals surface area (Å²) in [4.78, 5) is 14.9. The highest BCUT2D eigenvalue weighted by Crippen LogP contribution is 2.30. The number of hydrogen-bond donors (Lipinski definition) is 2. The van der Waals surface area contributed by atoms with E-state index in [1.165, 1.54) is 37.0 Å². The highest BCUT2D eigenvalue weighted by molar-refractivity contribution is 5.97. The Morgan fingerprint density at radius 2 is 1.90 bits per heavy atom. The van der Waals surface area contributed by atoms with Crippen molar-refractivity contribution in [2.45, 2.75) is 32.7 Å². The predicted octanol–water partition coefficient (Wildman–Crippen LogP) is 5.43. The minimum Gasteiger partial charge on any atom is -0.352 e. The number of hydrogen-bond acceptors (Lipinski definition) is 4. The van der Waals surface area contributed by atoms with E-state index >= 15 is 0 Å². The van der Waals surface area contributed by atoms with Crippen LogP contribution < -0.4 is 10.6 Å². The van der Waals surface area contributed by atoms with Crippen LogP contribution in [0.1, 0.15) is 37.3 Å². The Labute approximate surface area is 226 Å². The second-order valence-corrected chi connectivity index (χ2v) is 10.1. The van der Waals surface area contributed by atoms with Gasteiger partial charge >= 0.3 is 0 Å². The fourth-order valence-corrected chi connectivity index (χ4v) is 5.38. The quantitative estimate of drug-likeness (QED) is 0.314. The Morgan fingerprint density at radius 3 is 2.72 bits per heavy atom. The molecule has 5 heterocycles. The molecular formula is C32H31FN6. The van der Waals surface area contributed by atoms with E-state index in [0.29, 0.717) is 0 Å². The second kappa shape index (κ2) is 10.8. The summed E-state index contributed by atoms with van der Waals surface area (Å²) >= 11 is 0. The van der Waals surface area contributed by atoms with Crippen LogP contribution in [0.4, 0.5) is 4.39 Å². The zero-order valence-corrected chi connectivity index (χ0v) is 22.0. The van der Waals surface area contributed by atoms with Gasteiger partial charge in [-0.05, 0) is 85.5 Å². The van der Waals surface area contributed by atoms with Crippen LogP contribution in [-0.4, -0.2) is 43.1 Å². The largest absolute Gasteiger partial charge is 0.352 e. The molecular weight excluding hydrogens is 487 g/mol. The van der Waals surface area contributed by atoms with Gasteiger partial charge in [-0.15, -0.1) is 0 Å².